The van der Waals surface area contributed by atoms with Gasteiger partial charge in [0.1, 0.15) is 17.6 Å². The third-order valence-corrected chi connectivity index (χ3v) is 4.15. The van der Waals surface area contributed by atoms with Crippen molar-refractivity contribution < 1.29 is 18.7 Å². The van der Waals surface area contributed by atoms with Gasteiger partial charge in [-0.2, -0.15) is 5.10 Å². The Morgan fingerprint density at radius 3 is 2.46 bits per heavy atom. The molecule has 2 amide bonds. The van der Waals surface area contributed by atoms with Crippen LogP contribution < -0.4 is 15.5 Å². The second-order valence-corrected chi connectivity index (χ2v) is 6.76. The summed E-state index contributed by atoms with van der Waals surface area (Å²) >= 11 is 5.96. The number of ether oxygens (including phenoxy) is 1. The summed E-state index contributed by atoms with van der Waals surface area (Å²) in [5.41, 5.74) is 3.25. The Morgan fingerprint density at radius 1 is 1.18 bits per heavy atom. The molecule has 0 aliphatic carbocycles. The van der Waals surface area contributed by atoms with Gasteiger partial charge in [-0.1, -0.05) is 25.4 Å². The SMILES string of the molecule is COc1ccc(Cl)cc1C=NNC(=O)C(NC(=O)c1ccc(F)cc1)C(C)C. The van der Waals surface area contributed by atoms with Crippen LogP contribution in [0.25, 0.3) is 0 Å². The Balaban J connectivity index is 2.06. The number of benzene rings is 2. The topological polar surface area (TPSA) is 79.8 Å². The van der Waals surface area contributed by atoms with Gasteiger partial charge < -0.3 is 10.1 Å². The predicted molar refractivity (Wildman–Crippen MR) is 106 cm³/mol. The van der Waals surface area contributed by atoms with Gasteiger partial charge in [0.25, 0.3) is 11.8 Å². The molecule has 0 aromatic heterocycles. The lowest BCUT2D eigenvalue weighted by Gasteiger charge is -2.20. The fourth-order valence-electron chi connectivity index (χ4n) is 2.40. The Labute approximate surface area is 167 Å². The summed E-state index contributed by atoms with van der Waals surface area (Å²) in [5.74, 6) is -1.05. The molecule has 0 fully saturated rings. The Kier molecular flexibility index (Phi) is 7.52. The zero-order valence-electron chi connectivity index (χ0n) is 15.7. The molecule has 28 heavy (non-hydrogen) atoms. The third kappa shape index (κ3) is 5.79. The lowest BCUT2D eigenvalue weighted by atomic mass is 10.0. The quantitative estimate of drug-likeness (QED) is 0.547. The molecule has 1 atom stereocenters. The van der Waals surface area contributed by atoms with Gasteiger partial charge in [0.05, 0.1) is 13.3 Å². The molecule has 2 aromatic rings. The minimum absolute atomic E-state index is 0.194. The number of carbonyl (C=O) groups is 2. The highest BCUT2D eigenvalue weighted by molar-refractivity contribution is 6.30. The predicted octanol–water partition coefficient (Wildman–Crippen LogP) is 3.39. The summed E-state index contributed by atoms with van der Waals surface area (Å²) in [5, 5.41) is 7.06. The minimum Gasteiger partial charge on any atom is -0.496 e. The summed E-state index contributed by atoms with van der Waals surface area (Å²) in [6.07, 6.45) is 1.40. The molecule has 0 saturated carbocycles. The van der Waals surface area contributed by atoms with Crippen molar-refractivity contribution >= 4 is 29.6 Å². The molecule has 0 bridgehead atoms. The van der Waals surface area contributed by atoms with Crippen LogP contribution in [-0.2, 0) is 4.79 Å². The average molecular weight is 406 g/mol. The molecule has 6 nitrogen and oxygen atoms in total. The van der Waals surface area contributed by atoms with Gasteiger partial charge in [-0.3, -0.25) is 9.59 Å². The van der Waals surface area contributed by atoms with E-state index in [0.29, 0.717) is 16.3 Å². The van der Waals surface area contributed by atoms with Crippen LogP contribution in [0.3, 0.4) is 0 Å². The number of hydrogen-bond acceptors (Lipinski definition) is 4. The summed E-state index contributed by atoms with van der Waals surface area (Å²) in [7, 11) is 1.51. The van der Waals surface area contributed by atoms with Crippen LogP contribution in [0.4, 0.5) is 4.39 Å². The van der Waals surface area contributed by atoms with E-state index in [2.05, 4.69) is 15.8 Å². The molecule has 0 aliphatic rings. The van der Waals surface area contributed by atoms with Crippen molar-refractivity contribution in [3.05, 3.63) is 64.4 Å². The number of amides is 2. The van der Waals surface area contributed by atoms with E-state index >= 15 is 0 Å². The molecular formula is C20H21ClFN3O3. The van der Waals surface area contributed by atoms with Crippen LogP contribution in [0.5, 0.6) is 5.75 Å². The fraction of sp³-hybridized carbons (Fsp3) is 0.250. The van der Waals surface area contributed by atoms with Gasteiger partial charge in [-0.15, -0.1) is 0 Å². The summed E-state index contributed by atoms with van der Waals surface area (Å²) < 4.78 is 18.2. The minimum atomic E-state index is -0.823. The van der Waals surface area contributed by atoms with Crippen LogP contribution in [0.1, 0.15) is 29.8 Å². The highest BCUT2D eigenvalue weighted by Crippen LogP contribution is 2.20. The first kappa shape index (κ1) is 21.4. The van der Waals surface area contributed by atoms with E-state index < -0.39 is 23.7 Å². The Hall–Kier alpha value is -2.93. The van der Waals surface area contributed by atoms with Crippen LogP contribution in [0.15, 0.2) is 47.6 Å². The van der Waals surface area contributed by atoms with Crippen LogP contribution in [0.2, 0.25) is 5.02 Å². The maximum absolute atomic E-state index is 13.0. The normalized spacial score (nSPS) is 12.1. The third-order valence-electron chi connectivity index (χ3n) is 3.91. The summed E-state index contributed by atoms with van der Waals surface area (Å²) in [4.78, 5) is 24.8. The largest absolute Gasteiger partial charge is 0.496 e. The van der Waals surface area contributed by atoms with E-state index in [4.69, 9.17) is 16.3 Å². The molecular weight excluding hydrogens is 385 g/mol. The van der Waals surface area contributed by atoms with Crippen LogP contribution >= 0.6 is 11.6 Å². The van der Waals surface area contributed by atoms with Gasteiger partial charge in [0.2, 0.25) is 0 Å². The number of hydrazone groups is 1. The number of halogens is 2. The van der Waals surface area contributed by atoms with E-state index in [1.54, 1.807) is 32.0 Å². The van der Waals surface area contributed by atoms with Gasteiger partial charge in [-0.25, -0.2) is 9.82 Å². The first-order valence-electron chi connectivity index (χ1n) is 8.54. The van der Waals surface area contributed by atoms with Gasteiger partial charge in [-0.05, 0) is 48.4 Å². The van der Waals surface area contributed by atoms with Crippen molar-refractivity contribution in [2.45, 2.75) is 19.9 Å². The second kappa shape index (κ2) is 9.85. The fourth-order valence-corrected chi connectivity index (χ4v) is 2.58. The standard InChI is InChI=1S/C20H21ClFN3O3/c1-12(2)18(24-19(26)13-4-7-16(22)8-5-13)20(27)25-23-11-14-10-15(21)6-9-17(14)28-3/h4-12,18H,1-3H3,(H,24,26)(H,25,27). The Morgan fingerprint density at radius 2 is 1.86 bits per heavy atom. The molecule has 1 unspecified atom stereocenters. The van der Waals surface area contributed by atoms with Gasteiger partial charge in [0, 0.05) is 16.1 Å². The van der Waals surface area contributed by atoms with E-state index in [-0.39, 0.29) is 11.5 Å². The molecule has 8 heteroatoms. The van der Waals surface area contributed by atoms with Crippen molar-refractivity contribution in [2.75, 3.05) is 7.11 Å². The monoisotopic (exact) mass is 405 g/mol. The van der Waals surface area contributed by atoms with Crippen molar-refractivity contribution in [1.29, 1.82) is 0 Å². The van der Waals surface area contributed by atoms with Gasteiger partial charge in [0.15, 0.2) is 0 Å². The highest BCUT2D eigenvalue weighted by Gasteiger charge is 2.24. The number of nitrogens with one attached hydrogen (secondary N) is 2. The lowest BCUT2D eigenvalue weighted by molar-refractivity contribution is -0.123. The van der Waals surface area contributed by atoms with Crippen LogP contribution in [-0.4, -0.2) is 31.2 Å². The molecule has 0 heterocycles. The second-order valence-electron chi connectivity index (χ2n) is 6.32. The van der Waals surface area contributed by atoms with Crippen molar-refractivity contribution in [2.24, 2.45) is 11.0 Å². The van der Waals surface area contributed by atoms with E-state index in [1.807, 2.05) is 0 Å². The summed E-state index contributed by atoms with van der Waals surface area (Å²) in [6.45, 7) is 3.58. The molecule has 2 rings (SSSR count). The maximum Gasteiger partial charge on any atom is 0.262 e. The van der Waals surface area contributed by atoms with Gasteiger partial charge >= 0.3 is 0 Å². The van der Waals surface area contributed by atoms with Crippen molar-refractivity contribution in [3.8, 4) is 5.75 Å². The molecule has 148 valence electrons. The van der Waals surface area contributed by atoms with Crippen molar-refractivity contribution in [1.82, 2.24) is 10.7 Å². The molecule has 0 spiro atoms. The number of methoxy groups -OCH3 is 1. The zero-order chi connectivity index (χ0) is 20.7. The van der Waals surface area contributed by atoms with E-state index in [9.17, 15) is 14.0 Å². The summed E-state index contributed by atoms with van der Waals surface area (Å²) in [6, 6.07) is 9.25. The molecule has 2 aromatic carbocycles. The Bertz CT molecular complexity index is 869. The smallest absolute Gasteiger partial charge is 0.262 e. The van der Waals surface area contributed by atoms with E-state index in [0.717, 1.165) is 0 Å². The molecule has 0 radical (unpaired) electrons. The van der Waals surface area contributed by atoms with Crippen LogP contribution in [0, 0.1) is 11.7 Å². The number of carbonyl (C=O) groups excluding carboxylic acids is 2. The number of nitrogens with zero attached hydrogens (tertiary/aromatic N) is 1. The zero-order valence-corrected chi connectivity index (χ0v) is 16.5. The lowest BCUT2D eigenvalue weighted by Crippen LogP contribution is -2.48. The molecule has 2 N–H and O–H groups in total. The van der Waals surface area contributed by atoms with Crippen molar-refractivity contribution in [3.63, 3.8) is 0 Å². The molecule has 0 aliphatic heterocycles. The molecule has 0 saturated heterocycles. The first-order valence-corrected chi connectivity index (χ1v) is 8.92. The number of hydrogen-bond donors (Lipinski definition) is 2. The maximum atomic E-state index is 13.0. The first-order chi connectivity index (χ1) is 13.3. The number of rotatable bonds is 7. The highest BCUT2D eigenvalue weighted by atomic mass is 35.5. The average Bonchev–Trinajstić information content (AvgIpc) is 2.66. The van der Waals surface area contributed by atoms with E-state index in [1.165, 1.54) is 37.6 Å².